The monoisotopic (exact) mass is 196 g/mol. The third kappa shape index (κ3) is 6.47. The average Bonchev–Trinajstić information content (AvgIpc) is 2.19. The van der Waals surface area contributed by atoms with Crippen LogP contribution in [0.1, 0.15) is 46.0 Å². The summed E-state index contributed by atoms with van der Waals surface area (Å²) in [6, 6.07) is 1.84. The topological polar surface area (TPSA) is 52.9 Å². The van der Waals surface area contributed by atoms with Crippen molar-refractivity contribution in [1.29, 1.82) is 5.26 Å². The van der Waals surface area contributed by atoms with Crippen LogP contribution in [0.3, 0.4) is 0 Å². The van der Waals surface area contributed by atoms with E-state index >= 15 is 0 Å². The molecule has 80 valence electrons. The molecule has 14 heavy (non-hydrogen) atoms. The van der Waals surface area contributed by atoms with E-state index in [2.05, 4.69) is 19.2 Å². The zero-order chi connectivity index (χ0) is 10.8. The van der Waals surface area contributed by atoms with Gasteiger partial charge in [0.2, 0.25) is 5.91 Å². The quantitative estimate of drug-likeness (QED) is 0.679. The Balaban J connectivity index is 3.61. The number of hydrogen-bond donors (Lipinski definition) is 1. The number of hydrogen-bond acceptors (Lipinski definition) is 2. The Hall–Kier alpha value is -1.04. The highest BCUT2D eigenvalue weighted by molar-refractivity contribution is 5.77. The van der Waals surface area contributed by atoms with Crippen LogP contribution in [-0.4, -0.2) is 12.5 Å². The first-order valence-electron chi connectivity index (χ1n) is 5.38. The lowest BCUT2D eigenvalue weighted by Crippen LogP contribution is -2.28. The summed E-state index contributed by atoms with van der Waals surface area (Å²) in [7, 11) is 0. The van der Waals surface area contributed by atoms with Gasteiger partial charge < -0.3 is 5.32 Å². The van der Waals surface area contributed by atoms with E-state index in [1.807, 2.05) is 6.07 Å². The standard InChI is InChI=1S/C11H20N2O/c1-3-5-6-10(4-2)9-13-11(14)7-8-12/h10H,3-7,9H2,1-2H3,(H,13,14). The molecule has 0 aliphatic carbocycles. The predicted octanol–water partition coefficient (Wildman–Crippen LogP) is 2.23. The largest absolute Gasteiger partial charge is 0.355 e. The number of nitrogens with one attached hydrogen (secondary N) is 1. The number of carbonyl (C=O) groups is 1. The lowest BCUT2D eigenvalue weighted by Gasteiger charge is -2.14. The summed E-state index contributed by atoms with van der Waals surface area (Å²) in [5, 5.41) is 11.1. The van der Waals surface area contributed by atoms with Crippen molar-refractivity contribution in [3.63, 3.8) is 0 Å². The fourth-order valence-corrected chi connectivity index (χ4v) is 1.34. The van der Waals surface area contributed by atoms with E-state index in [9.17, 15) is 4.79 Å². The minimum Gasteiger partial charge on any atom is -0.355 e. The summed E-state index contributed by atoms with van der Waals surface area (Å²) < 4.78 is 0. The molecular weight excluding hydrogens is 176 g/mol. The minimum absolute atomic E-state index is 0.0236. The minimum atomic E-state index is -0.151. The highest BCUT2D eigenvalue weighted by Crippen LogP contribution is 2.10. The third-order valence-corrected chi connectivity index (χ3v) is 2.37. The van der Waals surface area contributed by atoms with Crippen LogP contribution in [0.25, 0.3) is 0 Å². The normalized spacial score (nSPS) is 11.8. The summed E-state index contributed by atoms with van der Waals surface area (Å²) in [4.78, 5) is 11.0. The molecule has 0 aromatic carbocycles. The maximum atomic E-state index is 11.0. The number of rotatable bonds is 7. The van der Waals surface area contributed by atoms with Crippen molar-refractivity contribution >= 4 is 5.91 Å². The lowest BCUT2D eigenvalue weighted by molar-refractivity contribution is -0.120. The Morgan fingerprint density at radius 1 is 1.50 bits per heavy atom. The zero-order valence-corrected chi connectivity index (χ0v) is 9.18. The summed E-state index contributed by atoms with van der Waals surface area (Å²) in [5.41, 5.74) is 0. The van der Waals surface area contributed by atoms with Crippen molar-refractivity contribution in [3.05, 3.63) is 0 Å². The second-order valence-corrected chi connectivity index (χ2v) is 3.56. The molecule has 1 atom stereocenters. The molecule has 3 heteroatoms. The van der Waals surface area contributed by atoms with Gasteiger partial charge in [-0.1, -0.05) is 33.1 Å². The second-order valence-electron chi connectivity index (χ2n) is 3.56. The van der Waals surface area contributed by atoms with Gasteiger partial charge >= 0.3 is 0 Å². The molecule has 0 fully saturated rings. The number of amides is 1. The van der Waals surface area contributed by atoms with Gasteiger partial charge in [0.25, 0.3) is 0 Å². The van der Waals surface area contributed by atoms with Gasteiger partial charge in [-0.25, -0.2) is 0 Å². The fraction of sp³-hybridized carbons (Fsp3) is 0.818. The van der Waals surface area contributed by atoms with Gasteiger partial charge in [0.1, 0.15) is 6.42 Å². The van der Waals surface area contributed by atoms with Gasteiger partial charge in [0, 0.05) is 6.54 Å². The number of nitrogens with zero attached hydrogens (tertiary/aromatic N) is 1. The number of carbonyl (C=O) groups excluding carboxylic acids is 1. The maximum Gasteiger partial charge on any atom is 0.234 e. The Morgan fingerprint density at radius 2 is 2.21 bits per heavy atom. The van der Waals surface area contributed by atoms with Crippen molar-refractivity contribution in [1.82, 2.24) is 5.32 Å². The smallest absolute Gasteiger partial charge is 0.234 e. The van der Waals surface area contributed by atoms with Gasteiger partial charge in [-0.3, -0.25) is 4.79 Å². The Labute approximate surface area is 86.5 Å². The summed E-state index contributed by atoms with van der Waals surface area (Å²) in [6.07, 6.45) is 4.64. The Bertz CT molecular complexity index is 196. The summed E-state index contributed by atoms with van der Waals surface area (Å²) >= 11 is 0. The molecule has 1 amide bonds. The molecule has 0 rings (SSSR count). The molecule has 0 aromatic rings. The van der Waals surface area contributed by atoms with Crippen molar-refractivity contribution in [2.45, 2.75) is 46.0 Å². The van der Waals surface area contributed by atoms with Crippen LogP contribution in [0.4, 0.5) is 0 Å². The van der Waals surface area contributed by atoms with E-state index in [1.54, 1.807) is 0 Å². The zero-order valence-electron chi connectivity index (χ0n) is 9.18. The summed E-state index contributed by atoms with van der Waals surface area (Å²) in [6.45, 7) is 5.02. The van der Waals surface area contributed by atoms with E-state index in [1.165, 1.54) is 19.3 Å². The molecule has 0 radical (unpaired) electrons. The molecule has 0 saturated carbocycles. The van der Waals surface area contributed by atoms with Crippen LogP contribution in [-0.2, 0) is 4.79 Å². The first-order chi connectivity index (χ1) is 6.74. The van der Waals surface area contributed by atoms with Crippen molar-refractivity contribution < 1.29 is 4.79 Å². The SMILES string of the molecule is CCCCC(CC)CNC(=O)CC#N. The van der Waals surface area contributed by atoms with E-state index in [4.69, 9.17) is 5.26 Å². The Kier molecular flexibility index (Phi) is 7.92. The van der Waals surface area contributed by atoms with Crippen molar-refractivity contribution in [3.8, 4) is 6.07 Å². The molecule has 0 aliphatic rings. The van der Waals surface area contributed by atoms with Crippen LogP contribution in [0.5, 0.6) is 0 Å². The number of unbranched alkanes of at least 4 members (excludes halogenated alkanes) is 1. The lowest BCUT2D eigenvalue weighted by atomic mass is 9.99. The van der Waals surface area contributed by atoms with Crippen LogP contribution < -0.4 is 5.32 Å². The van der Waals surface area contributed by atoms with Gasteiger partial charge in [0.15, 0.2) is 0 Å². The molecule has 0 aromatic heterocycles. The highest BCUT2D eigenvalue weighted by atomic mass is 16.1. The van der Waals surface area contributed by atoms with E-state index in [0.29, 0.717) is 5.92 Å². The first-order valence-corrected chi connectivity index (χ1v) is 5.38. The van der Waals surface area contributed by atoms with Crippen LogP contribution in [0, 0.1) is 17.2 Å². The molecule has 0 saturated heterocycles. The Morgan fingerprint density at radius 3 is 2.71 bits per heavy atom. The highest BCUT2D eigenvalue weighted by Gasteiger charge is 2.07. The first kappa shape index (κ1) is 13.0. The van der Waals surface area contributed by atoms with Crippen LogP contribution in [0.2, 0.25) is 0 Å². The van der Waals surface area contributed by atoms with Gasteiger partial charge in [-0.2, -0.15) is 5.26 Å². The molecule has 0 bridgehead atoms. The van der Waals surface area contributed by atoms with Crippen LogP contribution >= 0.6 is 0 Å². The van der Waals surface area contributed by atoms with Crippen molar-refractivity contribution in [2.75, 3.05) is 6.54 Å². The van der Waals surface area contributed by atoms with E-state index in [0.717, 1.165) is 13.0 Å². The molecule has 0 spiro atoms. The van der Waals surface area contributed by atoms with Gasteiger partial charge in [0.05, 0.1) is 6.07 Å². The maximum absolute atomic E-state index is 11.0. The molecular formula is C11H20N2O. The molecule has 0 aliphatic heterocycles. The van der Waals surface area contributed by atoms with Gasteiger partial charge in [-0.05, 0) is 12.3 Å². The number of nitriles is 1. The average molecular weight is 196 g/mol. The fourth-order valence-electron chi connectivity index (χ4n) is 1.34. The van der Waals surface area contributed by atoms with Crippen molar-refractivity contribution in [2.24, 2.45) is 5.92 Å². The van der Waals surface area contributed by atoms with Gasteiger partial charge in [-0.15, -0.1) is 0 Å². The second kappa shape index (κ2) is 8.55. The van der Waals surface area contributed by atoms with E-state index in [-0.39, 0.29) is 12.3 Å². The molecule has 3 nitrogen and oxygen atoms in total. The predicted molar refractivity (Wildman–Crippen MR) is 56.5 cm³/mol. The molecule has 1 unspecified atom stereocenters. The van der Waals surface area contributed by atoms with E-state index < -0.39 is 0 Å². The molecule has 0 heterocycles. The third-order valence-electron chi connectivity index (χ3n) is 2.37. The summed E-state index contributed by atoms with van der Waals surface area (Å²) in [5.74, 6) is 0.417. The molecule has 1 N–H and O–H groups in total. The van der Waals surface area contributed by atoms with Crippen LogP contribution in [0.15, 0.2) is 0 Å².